The van der Waals surface area contributed by atoms with Gasteiger partial charge >= 0.3 is 11.9 Å². The zero-order valence-electron chi connectivity index (χ0n) is 18.8. The molecule has 0 spiro atoms. The number of ether oxygens (including phenoxy) is 3. The Morgan fingerprint density at radius 2 is 1.82 bits per heavy atom. The molecule has 0 saturated carbocycles. The zero-order valence-corrected chi connectivity index (χ0v) is 19.6. The summed E-state index contributed by atoms with van der Waals surface area (Å²) in [5.74, 6) is -1.63. The molecule has 3 rings (SSSR count). The van der Waals surface area contributed by atoms with Crippen LogP contribution in [0.15, 0.2) is 47.4 Å². The molecule has 0 aliphatic carbocycles. The number of esters is 2. The molecule has 0 saturated heterocycles. The van der Waals surface area contributed by atoms with Crippen LogP contribution < -0.4 is 9.04 Å². The number of nitrogens with zero attached hydrogens (tertiary/aromatic N) is 1. The van der Waals surface area contributed by atoms with Gasteiger partial charge in [0.05, 0.1) is 30.2 Å². The molecule has 1 unspecified atom stereocenters. The Morgan fingerprint density at radius 1 is 1.15 bits per heavy atom. The smallest absolute Gasteiger partial charge is 0.349 e. The van der Waals surface area contributed by atoms with E-state index < -0.39 is 39.5 Å². The summed E-state index contributed by atoms with van der Waals surface area (Å²) in [5.41, 5.74) is -0.0133. The maximum absolute atomic E-state index is 13.4. The second-order valence-electron chi connectivity index (χ2n) is 8.41. The molecule has 178 valence electrons. The van der Waals surface area contributed by atoms with E-state index in [4.69, 9.17) is 14.2 Å². The fourth-order valence-corrected chi connectivity index (χ4v) is 4.74. The van der Waals surface area contributed by atoms with Gasteiger partial charge in [-0.25, -0.2) is 17.6 Å². The van der Waals surface area contributed by atoms with Gasteiger partial charge in [0.15, 0.2) is 0 Å². The first kappa shape index (κ1) is 24.5. The fraction of sp³-hybridized carbons (Fsp3) is 0.391. The van der Waals surface area contributed by atoms with Crippen molar-refractivity contribution in [1.29, 1.82) is 0 Å². The molecule has 1 aliphatic rings. The summed E-state index contributed by atoms with van der Waals surface area (Å²) in [7, 11) is -4.18. The summed E-state index contributed by atoms with van der Waals surface area (Å²) < 4.78 is 57.3. The van der Waals surface area contributed by atoms with Crippen LogP contribution in [0.4, 0.5) is 10.1 Å². The van der Waals surface area contributed by atoms with E-state index in [1.54, 1.807) is 33.8 Å². The van der Waals surface area contributed by atoms with Crippen molar-refractivity contribution in [2.24, 2.45) is 0 Å². The maximum atomic E-state index is 13.4. The number of hydrogen-bond donors (Lipinski definition) is 0. The van der Waals surface area contributed by atoms with Crippen LogP contribution in [-0.2, 0) is 35.5 Å². The summed E-state index contributed by atoms with van der Waals surface area (Å²) >= 11 is 0. The molecule has 0 bridgehead atoms. The van der Waals surface area contributed by atoms with Gasteiger partial charge in [0.2, 0.25) is 6.10 Å². The molecular formula is C23H26FNO7S. The number of halogens is 1. The third-order valence-electron chi connectivity index (χ3n) is 4.61. The highest BCUT2D eigenvalue weighted by molar-refractivity contribution is 7.92. The van der Waals surface area contributed by atoms with E-state index in [1.165, 1.54) is 12.1 Å². The Balaban J connectivity index is 2.01. The topological polar surface area (TPSA) is 99.2 Å². The third kappa shape index (κ3) is 5.81. The van der Waals surface area contributed by atoms with Crippen LogP contribution in [0, 0.1) is 5.82 Å². The highest BCUT2D eigenvalue weighted by Gasteiger charge is 2.38. The Kier molecular flexibility index (Phi) is 6.97. The zero-order chi connectivity index (χ0) is 24.4. The van der Waals surface area contributed by atoms with Crippen molar-refractivity contribution in [3.63, 3.8) is 0 Å². The highest BCUT2D eigenvalue weighted by atomic mass is 32.2. The van der Waals surface area contributed by atoms with Gasteiger partial charge in [-0.3, -0.25) is 9.10 Å². The molecular weight excluding hydrogens is 453 g/mol. The van der Waals surface area contributed by atoms with Crippen molar-refractivity contribution >= 4 is 27.6 Å². The summed E-state index contributed by atoms with van der Waals surface area (Å²) in [4.78, 5) is 24.4. The fourth-order valence-electron chi connectivity index (χ4n) is 3.27. The number of carbonyl (C=O) groups is 2. The van der Waals surface area contributed by atoms with Gasteiger partial charge in [-0.1, -0.05) is 6.07 Å². The number of fused-ring (bicyclic) bond motifs is 1. The van der Waals surface area contributed by atoms with E-state index in [-0.39, 0.29) is 35.9 Å². The summed E-state index contributed by atoms with van der Waals surface area (Å²) in [6.45, 7) is 6.63. The molecule has 2 aromatic rings. The monoisotopic (exact) mass is 479 g/mol. The van der Waals surface area contributed by atoms with Gasteiger partial charge in [-0.2, -0.15) is 0 Å². The van der Waals surface area contributed by atoms with E-state index >= 15 is 0 Å². The van der Waals surface area contributed by atoms with Crippen LogP contribution in [0.1, 0.15) is 33.3 Å². The Hall–Kier alpha value is -3.14. The normalized spacial score (nSPS) is 15.9. The lowest BCUT2D eigenvalue weighted by Crippen LogP contribution is -2.47. The molecule has 0 amide bonds. The first-order chi connectivity index (χ1) is 15.4. The van der Waals surface area contributed by atoms with Crippen LogP contribution in [0.2, 0.25) is 0 Å². The van der Waals surface area contributed by atoms with Crippen LogP contribution in [0.3, 0.4) is 0 Å². The maximum Gasteiger partial charge on any atom is 0.349 e. The van der Waals surface area contributed by atoms with Crippen LogP contribution >= 0.6 is 0 Å². The lowest BCUT2D eigenvalue weighted by atomic mass is 10.1. The number of benzene rings is 2. The van der Waals surface area contributed by atoms with Crippen molar-refractivity contribution in [2.45, 2.75) is 50.7 Å². The minimum atomic E-state index is -4.18. The lowest BCUT2D eigenvalue weighted by Gasteiger charge is -2.34. The molecule has 0 aromatic heterocycles. The molecule has 0 N–H and O–H groups in total. The quantitative estimate of drug-likeness (QED) is 0.587. The largest absolute Gasteiger partial charge is 0.475 e. The first-order valence-electron chi connectivity index (χ1n) is 10.4. The van der Waals surface area contributed by atoms with E-state index in [2.05, 4.69) is 0 Å². The van der Waals surface area contributed by atoms with E-state index in [0.29, 0.717) is 5.56 Å². The average molecular weight is 480 g/mol. The number of carbonyl (C=O) groups excluding carboxylic acids is 2. The lowest BCUT2D eigenvalue weighted by molar-refractivity contribution is -0.154. The van der Waals surface area contributed by atoms with Gasteiger partial charge in [-0.15, -0.1) is 0 Å². The molecule has 10 heteroatoms. The molecule has 2 aromatic carbocycles. The number of rotatable bonds is 6. The highest BCUT2D eigenvalue weighted by Crippen LogP contribution is 2.38. The van der Waals surface area contributed by atoms with Crippen molar-refractivity contribution in [1.82, 2.24) is 0 Å². The van der Waals surface area contributed by atoms with Gasteiger partial charge in [0.1, 0.15) is 17.2 Å². The van der Waals surface area contributed by atoms with E-state index in [0.717, 1.165) is 28.6 Å². The van der Waals surface area contributed by atoms with E-state index in [9.17, 15) is 22.4 Å². The van der Waals surface area contributed by atoms with Gasteiger partial charge in [-0.05, 0) is 69.7 Å². The van der Waals surface area contributed by atoms with Crippen LogP contribution in [-0.4, -0.2) is 45.2 Å². The molecule has 1 heterocycles. The SMILES string of the molecule is CCOC(=O)C1CN(S(=O)(=O)c2ccc(F)cc2)c2cc(CC(=O)OC(C)(C)C)ccc2O1. The van der Waals surface area contributed by atoms with Crippen molar-refractivity contribution < 1.29 is 36.6 Å². The Morgan fingerprint density at radius 3 is 2.42 bits per heavy atom. The molecule has 0 fully saturated rings. The van der Waals surface area contributed by atoms with Crippen molar-refractivity contribution in [3.05, 3.63) is 53.8 Å². The van der Waals surface area contributed by atoms with Crippen LogP contribution in [0.25, 0.3) is 0 Å². The Labute approximate surface area is 192 Å². The third-order valence-corrected chi connectivity index (χ3v) is 6.41. The second kappa shape index (κ2) is 9.38. The molecule has 1 atom stereocenters. The molecule has 33 heavy (non-hydrogen) atoms. The average Bonchev–Trinajstić information content (AvgIpc) is 2.72. The minimum Gasteiger partial charge on any atom is -0.475 e. The summed E-state index contributed by atoms with van der Waals surface area (Å²) in [6, 6.07) is 8.95. The molecule has 8 nitrogen and oxygen atoms in total. The summed E-state index contributed by atoms with van der Waals surface area (Å²) in [6.07, 6.45) is -1.28. The summed E-state index contributed by atoms with van der Waals surface area (Å²) in [5, 5.41) is 0. The second-order valence-corrected chi connectivity index (χ2v) is 10.3. The van der Waals surface area contributed by atoms with Gasteiger partial charge < -0.3 is 14.2 Å². The predicted molar refractivity (Wildman–Crippen MR) is 118 cm³/mol. The standard InChI is InChI=1S/C23H26FNO7S/c1-5-30-22(27)20-14-25(33(28,29)17-9-7-16(24)8-10-17)18-12-15(6-11-19(18)31-20)13-21(26)32-23(2,3)4/h6-12,20H,5,13-14H2,1-4H3. The van der Waals surface area contributed by atoms with E-state index in [1.807, 2.05) is 0 Å². The van der Waals surface area contributed by atoms with Crippen molar-refractivity contribution in [2.75, 3.05) is 17.5 Å². The first-order valence-corrected chi connectivity index (χ1v) is 11.8. The molecule has 1 aliphatic heterocycles. The van der Waals surface area contributed by atoms with Crippen LogP contribution in [0.5, 0.6) is 5.75 Å². The minimum absolute atomic E-state index is 0.0870. The number of sulfonamides is 1. The molecule has 0 radical (unpaired) electrons. The van der Waals surface area contributed by atoms with Gasteiger partial charge in [0, 0.05) is 0 Å². The number of anilines is 1. The van der Waals surface area contributed by atoms with Crippen molar-refractivity contribution in [3.8, 4) is 5.75 Å². The van der Waals surface area contributed by atoms with Gasteiger partial charge in [0.25, 0.3) is 10.0 Å². The predicted octanol–water partition coefficient (Wildman–Crippen LogP) is 3.23. The number of hydrogen-bond acceptors (Lipinski definition) is 7. The Bertz CT molecular complexity index is 1140.